The first kappa shape index (κ1) is 12.2. The van der Waals surface area contributed by atoms with Crippen LogP contribution in [0, 0.1) is 24.2 Å². The first-order valence-corrected chi connectivity index (χ1v) is 5.16. The summed E-state index contributed by atoms with van der Waals surface area (Å²) in [5.41, 5.74) is 1.25. The number of nitrogens with zero attached hydrogens (tertiary/aromatic N) is 3. The first-order chi connectivity index (χ1) is 7.45. The molecule has 5 nitrogen and oxygen atoms in total. The standard InChI is InChI=1S/C11H16N4O/c1-7(2)9(6-12)13-11(16)10-5-8(3)14-15(10)4/h5,7,9H,1-4H3,(H,13,16). The zero-order valence-corrected chi connectivity index (χ0v) is 9.98. The Hall–Kier alpha value is -1.83. The number of hydrogen-bond donors (Lipinski definition) is 1. The van der Waals surface area contributed by atoms with E-state index in [2.05, 4.69) is 16.5 Å². The lowest BCUT2D eigenvalue weighted by Crippen LogP contribution is -2.38. The molecule has 1 unspecified atom stereocenters. The summed E-state index contributed by atoms with van der Waals surface area (Å²) < 4.78 is 1.51. The Morgan fingerprint density at radius 2 is 2.25 bits per heavy atom. The molecule has 86 valence electrons. The molecule has 0 radical (unpaired) electrons. The van der Waals surface area contributed by atoms with Crippen LogP contribution in [0.25, 0.3) is 0 Å². The second-order valence-electron chi connectivity index (χ2n) is 4.12. The smallest absolute Gasteiger partial charge is 0.270 e. The number of hydrogen-bond acceptors (Lipinski definition) is 3. The highest BCUT2D eigenvalue weighted by molar-refractivity contribution is 5.93. The average Bonchev–Trinajstić information content (AvgIpc) is 2.53. The van der Waals surface area contributed by atoms with E-state index in [-0.39, 0.29) is 11.8 Å². The maximum atomic E-state index is 11.8. The van der Waals surface area contributed by atoms with Gasteiger partial charge in [0.05, 0.1) is 11.8 Å². The lowest BCUT2D eigenvalue weighted by Gasteiger charge is -2.14. The van der Waals surface area contributed by atoms with Gasteiger partial charge in [-0.25, -0.2) is 0 Å². The van der Waals surface area contributed by atoms with Crippen LogP contribution in [-0.4, -0.2) is 21.7 Å². The molecule has 1 rings (SSSR count). The Morgan fingerprint density at radius 1 is 1.62 bits per heavy atom. The number of amides is 1. The van der Waals surface area contributed by atoms with Crippen LogP contribution in [0.1, 0.15) is 30.0 Å². The third kappa shape index (κ3) is 2.60. The summed E-state index contributed by atoms with van der Waals surface area (Å²) in [4.78, 5) is 11.8. The highest BCUT2D eigenvalue weighted by Crippen LogP contribution is 2.05. The normalized spacial score (nSPS) is 12.2. The van der Waals surface area contributed by atoms with Crippen molar-refractivity contribution in [3.05, 3.63) is 17.5 Å². The third-order valence-corrected chi connectivity index (χ3v) is 2.33. The quantitative estimate of drug-likeness (QED) is 0.826. The van der Waals surface area contributed by atoms with Crippen LogP contribution in [0.2, 0.25) is 0 Å². The zero-order valence-electron chi connectivity index (χ0n) is 9.98. The van der Waals surface area contributed by atoms with E-state index in [0.717, 1.165) is 5.69 Å². The van der Waals surface area contributed by atoms with E-state index in [1.807, 2.05) is 20.8 Å². The lowest BCUT2D eigenvalue weighted by molar-refractivity contribution is 0.0928. The molecule has 0 spiro atoms. The van der Waals surface area contributed by atoms with Gasteiger partial charge in [-0.15, -0.1) is 0 Å². The van der Waals surface area contributed by atoms with Crippen LogP contribution in [0.5, 0.6) is 0 Å². The molecule has 0 saturated heterocycles. The number of nitrogens with one attached hydrogen (secondary N) is 1. The molecule has 1 amide bonds. The molecular weight excluding hydrogens is 204 g/mol. The minimum absolute atomic E-state index is 0.0864. The number of aryl methyl sites for hydroxylation is 2. The minimum Gasteiger partial charge on any atom is -0.335 e. The Kier molecular flexibility index (Phi) is 3.67. The van der Waals surface area contributed by atoms with Crippen molar-refractivity contribution in [1.29, 1.82) is 5.26 Å². The number of nitriles is 1. The predicted octanol–water partition coefficient (Wildman–Crippen LogP) is 1.01. The lowest BCUT2D eigenvalue weighted by atomic mass is 10.1. The summed E-state index contributed by atoms with van der Waals surface area (Å²) >= 11 is 0. The molecule has 1 N–H and O–H groups in total. The van der Waals surface area contributed by atoms with Crippen molar-refractivity contribution in [2.45, 2.75) is 26.8 Å². The number of carbonyl (C=O) groups excluding carboxylic acids is 1. The number of aromatic nitrogens is 2. The molecule has 0 aromatic carbocycles. The molecule has 0 aliphatic heterocycles. The summed E-state index contributed by atoms with van der Waals surface area (Å²) in [5.74, 6) is -0.174. The van der Waals surface area contributed by atoms with Crippen LogP contribution in [0.4, 0.5) is 0 Å². The highest BCUT2D eigenvalue weighted by atomic mass is 16.2. The third-order valence-electron chi connectivity index (χ3n) is 2.33. The van der Waals surface area contributed by atoms with Crippen molar-refractivity contribution in [2.75, 3.05) is 0 Å². The van der Waals surface area contributed by atoms with E-state index < -0.39 is 6.04 Å². The number of carbonyl (C=O) groups is 1. The Morgan fingerprint density at radius 3 is 2.62 bits per heavy atom. The van der Waals surface area contributed by atoms with Gasteiger partial charge in [0.1, 0.15) is 11.7 Å². The van der Waals surface area contributed by atoms with E-state index in [4.69, 9.17) is 5.26 Å². The van der Waals surface area contributed by atoms with Gasteiger partial charge in [0.2, 0.25) is 0 Å². The minimum atomic E-state index is -0.470. The molecule has 0 aliphatic rings. The molecule has 1 heterocycles. The van der Waals surface area contributed by atoms with E-state index in [9.17, 15) is 4.79 Å². The summed E-state index contributed by atoms with van der Waals surface area (Å²) in [6, 6.07) is 3.30. The SMILES string of the molecule is Cc1cc(C(=O)NC(C#N)C(C)C)n(C)n1. The summed E-state index contributed by atoms with van der Waals surface area (Å²) in [5, 5.41) is 15.6. The van der Waals surface area contributed by atoms with Crippen LogP contribution in [-0.2, 0) is 7.05 Å². The van der Waals surface area contributed by atoms with Crippen molar-refractivity contribution >= 4 is 5.91 Å². The van der Waals surface area contributed by atoms with Gasteiger partial charge in [0.25, 0.3) is 5.91 Å². The van der Waals surface area contributed by atoms with E-state index in [0.29, 0.717) is 5.69 Å². The van der Waals surface area contributed by atoms with Gasteiger partial charge < -0.3 is 5.32 Å². The van der Waals surface area contributed by atoms with Crippen molar-refractivity contribution in [2.24, 2.45) is 13.0 Å². The summed E-state index contributed by atoms with van der Waals surface area (Å²) in [6.07, 6.45) is 0. The van der Waals surface area contributed by atoms with Gasteiger partial charge in [-0.1, -0.05) is 13.8 Å². The fraction of sp³-hybridized carbons (Fsp3) is 0.545. The Balaban J connectivity index is 2.80. The molecule has 1 atom stereocenters. The first-order valence-electron chi connectivity index (χ1n) is 5.16. The molecule has 0 aliphatic carbocycles. The van der Waals surface area contributed by atoms with Gasteiger partial charge in [-0.05, 0) is 18.9 Å². The van der Waals surface area contributed by atoms with Crippen molar-refractivity contribution < 1.29 is 4.79 Å². The van der Waals surface area contributed by atoms with E-state index in [1.165, 1.54) is 4.68 Å². The van der Waals surface area contributed by atoms with Gasteiger partial charge >= 0.3 is 0 Å². The van der Waals surface area contributed by atoms with Gasteiger partial charge in [0.15, 0.2) is 0 Å². The van der Waals surface area contributed by atoms with E-state index in [1.54, 1.807) is 13.1 Å². The predicted molar refractivity (Wildman–Crippen MR) is 59.7 cm³/mol. The molecule has 5 heteroatoms. The average molecular weight is 220 g/mol. The molecule has 1 aromatic rings. The van der Waals surface area contributed by atoms with Crippen LogP contribution in [0.15, 0.2) is 6.07 Å². The maximum Gasteiger partial charge on any atom is 0.270 e. The Labute approximate surface area is 95.1 Å². The Bertz CT molecular complexity index is 428. The largest absolute Gasteiger partial charge is 0.335 e. The van der Waals surface area contributed by atoms with E-state index >= 15 is 0 Å². The molecule has 0 fully saturated rings. The second kappa shape index (κ2) is 4.79. The zero-order chi connectivity index (χ0) is 12.3. The summed E-state index contributed by atoms with van der Waals surface area (Å²) in [6.45, 7) is 5.60. The molecule has 0 bridgehead atoms. The van der Waals surface area contributed by atoms with Crippen LogP contribution in [0.3, 0.4) is 0 Å². The van der Waals surface area contributed by atoms with Crippen molar-refractivity contribution in [1.82, 2.24) is 15.1 Å². The van der Waals surface area contributed by atoms with Crippen molar-refractivity contribution in [3.63, 3.8) is 0 Å². The maximum absolute atomic E-state index is 11.8. The molecule has 1 aromatic heterocycles. The van der Waals surface area contributed by atoms with Crippen molar-refractivity contribution in [3.8, 4) is 6.07 Å². The second-order valence-corrected chi connectivity index (χ2v) is 4.12. The fourth-order valence-corrected chi connectivity index (χ4v) is 1.39. The monoisotopic (exact) mass is 220 g/mol. The van der Waals surface area contributed by atoms with Gasteiger partial charge in [-0.3, -0.25) is 9.48 Å². The molecular formula is C11H16N4O. The highest BCUT2D eigenvalue weighted by Gasteiger charge is 2.18. The van der Waals surface area contributed by atoms with Crippen LogP contribution >= 0.6 is 0 Å². The van der Waals surface area contributed by atoms with Gasteiger partial charge in [-0.2, -0.15) is 10.4 Å². The molecule has 16 heavy (non-hydrogen) atoms. The van der Waals surface area contributed by atoms with Gasteiger partial charge in [0, 0.05) is 7.05 Å². The molecule has 0 saturated carbocycles. The fourth-order valence-electron chi connectivity index (χ4n) is 1.39. The topological polar surface area (TPSA) is 70.7 Å². The summed E-state index contributed by atoms with van der Waals surface area (Å²) in [7, 11) is 1.71. The number of rotatable bonds is 3. The van der Waals surface area contributed by atoms with Crippen LogP contribution < -0.4 is 5.32 Å².